The molecule has 0 unspecified atom stereocenters. The minimum absolute atomic E-state index is 0.0484. The molecule has 1 fully saturated rings. The molecular formula is C19H21BrN2O2. The van der Waals surface area contributed by atoms with Crippen LogP contribution >= 0.6 is 15.9 Å². The summed E-state index contributed by atoms with van der Waals surface area (Å²) < 4.78 is 12.5. The van der Waals surface area contributed by atoms with Crippen LogP contribution in [0.5, 0.6) is 11.5 Å². The number of benzene rings is 1. The number of fused-ring (bicyclic) bond motifs is 1. The van der Waals surface area contributed by atoms with E-state index in [1.54, 1.807) is 7.11 Å². The van der Waals surface area contributed by atoms with Crippen LogP contribution in [0.4, 0.5) is 0 Å². The van der Waals surface area contributed by atoms with E-state index in [1.807, 2.05) is 24.3 Å². The molecule has 1 aromatic carbocycles. The summed E-state index contributed by atoms with van der Waals surface area (Å²) in [6.45, 7) is 3.95. The van der Waals surface area contributed by atoms with Crippen LogP contribution in [0.25, 0.3) is 0 Å². The molecule has 2 heterocycles. The van der Waals surface area contributed by atoms with Crippen molar-refractivity contribution in [2.45, 2.75) is 44.5 Å². The van der Waals surface area contributed by atoms with Crippen LogP contribution < -0.4 is 9.47 Å². The number of halogens is 1. The van der Waals surface area contributed by atoms with Crippen LogP contribution in [-0.4, -0.2) is 28.6 Å². The van der Waals surface area contributed by atoms with Crippen LogP contribution in [0.1, 0.15) is 31.0 Å². The first kappa shape index (κ1) is 15.9. The lowest BCUT2D eigenvalue weighted by molar-refractivity contribution is 0.0642. The van der Waals surface area contributed by atoms with Gasteiger partial charge in [-0.1, -0.05) is 12.1 Å². The van der Waals surface area contributed by atoms with Crippen molar-refractivity contribution in [2.75, 3.05) is 7.11 Å². The maximum atomic E-state index is 6.38. The van der Waals surface area contributed by atoms with Crippen LogP contribution in [0, 0.1) is 0 Å². The average Bonchev–Trinajstić information content (AvgIpc) is 3.38. The van der Waals surface area contributed by atoms with Crippen molar-refractivity contribution < 1.29 is 9.47 Å². The van der Waals surface area contributed by atoms with Gasteiger partial charge in [-0.15, -0.1) is 0 Å². The lowest BCUT2D eigenvalue weighted by Crippen LogP contribution is -2.43. The molecule has 0 radical (unpaired) electrons. The quantitative estimate of drug-likeness (QED) is 0.739. The van der Waals surface area contributed by atoms with Gasteiger partial charge in [-0.25, -0.2) is 4.98 Å². The molecule has 4 rings (SSSR count). The van der Waals surface area contributed by atoms with Gasteiger partial charge in [-0.2, -0.15) is 0 Å². The maximum absolute atomic E-state index is 6.38. The summed E-state index contributed by atoms with van der Waals surface area (Å²) in [5.74, 6) is 1.82. The zero-order valence-electron chi connectivity index (χ0n) is 14.0. The van der Waals surface area contributed by atoms with E-state index >= 15 is 0 Å². The second-order valence-electron chi connectivity index (χ2n) is 6.67. The van der Waals surface area contributed by atoms with Gasteiger partial charge in [0.1, 0.15) is 21.7 Å². The molecular weight excluding hydrogens is 368 g/mol. The number of pyridine rings is 1. The van der Waals surface area contributed by atoms with Gasteiger partial charge in [0.05, 0.1) is 12.8 Å². The Balaban J connectivity index is 1.63. The number of ether oxygens (including phenoxy) is 2. The first-order valence-electron chi connectivity index (χ1n) is 8.31. The Labute approximate surface area is 150 Å². The third-order valence-corrected chi connectivity index (χ3v) is 5.60. The summed E-state index contributed by atoms with van der Waals surface area (Å²) in [6, 6.07) is 12.6. The summed E-state index contributed by atoms with van der Waals surface area (Å²) in [5, 5.41) is 0. The summed E-state index contributed by atoms with van der Waals surface area (Å²) in [4.78, 5) is 7.12. The Morgan fingerprint density at radius 1 is 1.25 bits per heavy atom. The van der Waals surface area contributed by atoms with Gasteiger partial charge >= 0.3 is 0 Å². The number of hydrogen-bond acceptors (Lipinski definition) is 4. The topological polar surface area (TPSA) is 34.6 Å². The Bertz CT molecular complexity index is 744. The van der Waals surface area contributed by atoms with Gasteiger partial charge < -0.3 is 9.47 Å². The SMILES string of the molecule is COc1ccc(CN2Cc3nc(Br)ccc3OC3(CC3)[C@@H]2C)cc1. The molecule has 1 aliphatic heterocycles. The second kappa shape index (κ2) is 6.05. The number of rotatable bonds is 3. The highest BCUT2D eigenvalue weighted by molar-refractivity contribution is 9.10. The molecule has 24 heavy (non-hydrogen) atoms. The number of hydrogen-bond donors (Lipinski definition) is 0. The van der Waals surface area contributed by atoms with Crippen molar-refractivity contribution >= 4 is 15.9 Å². The van der Waals surface area contributed by atoms with Crippen molar-refractivity contribution in [1.29, 1.82) is 0 Å². The highest BCUT2D eigenvalue weighted by Crippen LogP contribution is 2.48. The van der Waals surface area contributed by atoms with Crippen LogP contribution in [-0.2, 0) is 13.1 Å². The predicted molar refractivity (Wildman–Crippen MR) is 96.2 cm³/mol. The largest absolute Gasteiger partial charge is 0.497 e. The fourth-order valence-electron chi connectivity index (χ4n) is 3.44. The summed E-state index contributed by atoms with van der Waals surface area (Å²) >= 11 is 3.48. The minimum atomic E-state index is -0.0484. The molecule has 126 valence electrons. The molecule has 1 spiro atoms. The van der Waals surface area contributed by atoms with Crippen molar-refractivity contribution in [3.8, 4) is 11.5 Å². The number of methoxy groups -OCH3 is 1. The van der Waals surface area contributed by atoms with E-state index in [1.165, 1.54) is 5.56 Å². The maximum Gasteiger partial charge on any atom is 0.143 e. The lowest BCUT2D eigenvalue weighted by Gasteiger charge is -2.31. The normalized spacial score (nSPS) is 21.7. The van der Waals surface area contributed by atoms with Crippen LogP contribution in [0.2, 0.25) is 0 Å². The predicted octanol–water partition coefficient (Wildman–Crippen LogP) is 4.17. The van der Waals surface area contributed by atoms with Crippen molar-refractivity contribution in [2.24, 2.45) is 0 Å². The smallest absolute Gasteiger partial charge is 0.143 e. The Morgan fingerprint density at radius 3 is 2.67 bits per heavy atom. The van der Waals surface area contributed by atoms with Gasteiger partial charge in [0.2, 0.25) is 0 Å². The standard InChI is InChI=1S/C19H21BrN2O2/c1-13-19(9-10-19)24-17-7-8-18(20)21-16(17)12-22(13)11-14-3-5-15(23-2)6-4-14/h3-8,13H,9-12H2,1-2H3/t13-/m0/s1. The first-order chi connectivity index (χ1) is 11.6. The monoisotopic (exact) mass is 388 g/mol. The summed E-state index contributed by atoms with van der Waals surface area (Å²) in [5.41, 5.74) is 2.23. The zero-order valence-corrected chi connectivity index (χ0v) is 15.5. The molecule has 0 bridgehead atoms. The Morgan fingerprint density at radius 2 is 2.00 bits per heavy atom. The highest BCUT2D eigenvalue weighted by atomic mass is 79.9. The second-order valence-corrected chi connectivity index (χ2v) is 7.49. The Kier molecular flexibility index (Phi) is 4.01. The zero-order chi connectivity index (χ0) is 16.7. The molecule has 1 aliphatic carbocycles. The van der Waals surface area contributed by atoms with Crippen LogP contribution in [0.15, 0.2) is 41.0 Å². The molecule has 4 nitrogen and oxygen atoms in total. The molecule has 0 N–H and O–H groups in total. The van der Waals surface area contributed by atoms with E-state index in [2.05, 4.69) is 44.9 Å². The van der Waals surface area contributed by atoms with Gasteiger partial charge in [-0.05, 0) is 65.5 Å². The van der Waals surface area contributed by atoms with Gasteiger partial charge in [-0.3, -0.25) is 4.90 Å². The number of aromatic nitrogens is 1. The van der Waals surface area contributed by atoms with E-state index in [0.717, 1.165) is 47.7 Å². The molecule has 0 amide bonds. The van der Waals surface area contributed by atoms with Crippen molar-refractivity contribution in [3.05, 3.63) is 52.3 Å². The van der Waals surface area contributed by atoms with E-state index < -0.39 is 0 Å². The van der Waals surface area contributed by atoms with Crippen molar-refractivity contribution in [1.82, 2.24) is 9.88 Å². The minimum Gasteiger partial charge on any atom is -0.497 e. The molecule has 1 saturated carbocycles. The summed E-state index contributed by atoms with van der Waals surface area (Å²) in [7, 11) is 1.69. The molecule has 1 aromatic heterocycles. The van der Waals surface area contributed by atoms with Crippen LogP contribution in [0.3, 0.4) is 0 Å². The molecule has 0 saturated heterocycles. The first-order valence-corrected chi connectivity index (χ1v) is 9.10. The van der Waals surface area contributed by atoms with E-state index in [0.29, 0.717) is 6.04 Å². The molecule has 5 heteroatoms. The van der Waals surface area contributed by atoms with Gasteiger partial charge in [0, 0.05) is 19.1 Å². The third kappa shape index (κ3) is 2.91. The average molecular weight is 389 g/mol. The van der Waals surface area contributed by atoms with Gasteiger partial charge in [0.15, 0.2) is 0 Å². The highest BCUT2D eigenvalue weighted by Gasteiger charge is 2.54. The molecule has 1 atom stereocenters. The van der Waals surface area contributed by atoms with E-state index in [-0.39, 0.29) is 5.60 Å². The van der Waals surface area contributed by atoms with E-state index in [4.69, 9.17) is 9.47 Å². The summed E-state index contributed by atoms with van der Waals surface area (Å²) in [6.07, 6.45) is 2.23. The van der Waals surface area contributed by atoms with E-state index in [9.17, 15) is 0 Å². The van der Waals surface area contributed by atoms with Crippen molar-refractivity contribution in [3.63, 3.8) is 0 Å². The molecule has 2 aromatic rings. The lowest BCUT2D eigenvalue weighted by atomic mass is 10.1. The fraction of sp³-hybridized carbons (Fsp3) is 0.421. The van der Waals surface area contributed by atoms with Gasteiger partial charge in [0.25, 0.3) is 0 Å². The third-order valence-electron chi connectivity index (χ3n) is 5.16. The fourth-order valence-corrected chi connectivity index (χ4v) is 3.78. The number of nitrogens with zero attached hydrogens (tertiary/aromatic N) is 2. The molecule has 2 aliphatic rings. The Hall–Kier alpha value is -1.59.